The van der Waals surface area contributed by atoms with Crippen molar-refractivity contribution in [3.8, 4) is 5.75 Å². The van der Waals surface area contributed by atoms with E-state index in [9.17, 15) is 9.59 Å². The van der Waals surface area contributed by atoms with Crippen molar-refractivity contribution in [1.82, 2.24) is 19.6 Å². The molecule has 36 heavy (non-hydrogen) atoms. The maximum Gasteiger partial charge on any atom is 0.319 e. The lowest BCUT2D eigenvalue weighted by atomic mass is 9.93. The molecular formula is C29H46N4O3. The van der Waals surface area contributed by atoms with Crippen LogP contribution in [0, 0.1) is 0 Å². The first-order valence-electron chi connectivity index (χ1n) is 14.3. The van der Waals surface area contributed by atoms with E-state index in [0.717, 1.165) is 103 Å². The minimum atomic E-state index is 0.141. The van der Waals surface area contributed by atoms with Crippen LogP contribution >= 0.6 is 0 Å². The van der Waals surface area contributed by atoms with Crippen LogP contribution in [0.1, 0.15) is 75.8 Å². The van der Waals surface area contributed by atoms with E-state index in [1.807, 2.05) is 16.8 Å². The normalized spacial score (nSPS) is 22.1. The number of hydrogen-bond acceptors (Lipinski definition) is 4. The number of fused-ring (bicyclic) bond motifs is 1. The molecule has 2 saturated heterocycles. The van der Waals surface area contributed by atoms with Crippen molar-refractivity contribution >= 4 is 11.9 Å². The molecule has 0 bridgehead atoms. The number of hydrogen-bond donors (Lipinski definition) is 0. The average Bonchev–Trinajstić information content (AvgIpc) is 3.51. The number of amides is 3. The third-order valence-corrected chi connectivity index (χ3v) is 8.22. The number of rotatable bonds is 12. The Morgan fingerprint density at radius 2 is 1.92 bits per heavy atom. The second-order valence-corrected chi connectivity index (χ2v) is 10.9. The smallest absolute Gasteiger partial charge is 0.319 e. The van der Waals surface area contributed by atoms with E-state index in [0.29, 0.717) is 18.5 Å². The van der Waals surface area contributed by atoms with Gasteiger partial charge in [0.2, 0.25) is 5.91 Å². The number of nitrogens with zero attached hydrogens (tertiary/aromatic N) is 4. The molecule has 3 aliphatic heterocycles. The fraction of sp³-hybridized carbons (Fsp3) is 0.724. The van der Waals surface area contributed by atoms with Crippen molar-refractivity contribution in [1.29, 1.82) is 0 Å². The molecule has 2 atom stereocenters. The Balaban J connectivity index is 1.45. The lowest BCUT2D eigenvalue weighted by Gasteiger charge is -2.35. The van der Waals surface area contributed by atoms with Gasteiger partial charge in [-0.15, -0.1) is 0 Å². The van der Waals surface area contributed by atoms with Crippen molar-refractivity contribution in [3.63, 3.8) is 0 Å². The molecule has 2 fully saturated rings. The molecule has 0 unspecified atom stereocenters. The molecule has 0 spiro atoms. The summed E-state index contributed by atoms with van der Waals surface area (Å²) in [5.74, 6) is 1.70. The highest BCUT2D eigenvalue weighted by molar-refractivity contribution is 5.78. The fourth-order valence-corrected chi connectivity index (χ4v) is 5.96. The van der Waals surface area contributed by atoms with Crippen molar-refractivity contribution < 1.29 is 14.3 Å². The zero-order chi connectivity index (χ0) is 25.5. The van der Waals surface area contributed by atoms with Crippen LogP contribution in [0.3, 0.4) is 0 Å². The Bertz CT molecular complexity index is 883. The molecule has 200 valence electrons. The van der Waals surface area contributed by atoms with Gasteiger partial charge in [-0.1, -0.05) is 38.8 Å². The van der Waals surface area contributed by atoms with Gasteiger partial charge in [0.1, 0.15) is 5.75 Å². The quantitative estimate of drug-likeness (QED) is 0.430. The van der Waals surface area contributed by atoms with Crippen LogP contribution in [-0.2, 0) is 11.2 Å². The lowest BCUT2D eigenvalue weighted by Crippen LogP contribution is -2.49. The van der Waals surface area contributed by atoms with Crippen molar-refractivity contribution in [3.05, 3.63) is 29.3 Å². The maximum absolute atomic E-state index is 13.5. The third-order valence-electron chi connectivity index (χ3n) is 8.22. The largest absolute Gasteiger partial charge is 0.493 e. The van der Waals surface area contributed by atoms with E-state index < -0.39 is 0 Å². The summed E-state index contributed by atoms with van der Waals surface area (Å²) in [4.78, 5) is 34.4. The first kappa shape index (κ1) is 26.8. The summed E-state index contributed by atoms with van der Waals surface area (Å²) in [5.41, 5.74) is 2.67. The highest BCUT2D eigenvalue weighted by Gasteiger charge is 2.36. The Kier molecular flexibility index (Phi) is 9.52. The molecule has 0 N–H and O–H groups in total. The highest BCUT2D eigenvalue weighted by atomic mass is 16.5. The third kappa shape index (κ3) is 6.53. The molecule has 1 aromatic carbocycles. The average molecular weight is 499 g/mol. The maximum atomic E-state index is 13.5. The molecule has 3 amide bonds. The number of ether oxygens (including phenoxy) is 1. The van der Waals surface area contributed by atoms with Crippen LogP contribution in [0.2, 0.25) is 0 Å². The van der Waals surface area contributed by atoms with Gasteiger partial charge in [0, 0.05) is 58.8 Å². The fourth-order valence-electron chi connectivity index (χ4n) is 5.96. The van der Waals surface area contributed by atoms with Crippen LogP contribution in [0.25, 0.3) is 0 Å². The molecule has 3 aliphatic rings. The SMILES string of the molecule is CCCCN(CCCC)C(=O)CN1C[C@H](c2ccc3c(c2)CCO3)C[C@@H]1CCN1CCCN(C)C1=O. The molecule has 4 rings (SSSR count). The Labute approximate surface area is 217 Å². The first-order chi connectivity index (χ1) is 17.5. The Morgan fingerprint density at radius 3 is 2.67 bits per heavy atom. The van der Waals surface area contributed by atoms with Crippen molar-refractivity contribution in [2.75, 3.05) is 59.5 Å². The van der Waals surface area contributed by atoms with Gasteiger partial charge >= 0.3 is 6.03 Å². The Morgan fingerprint density at radius 1 is 1.14 bits per heavy atom. The Hall–Kier alpha value is -2.28. The van der Waals surface area contributed by atoms with Gasteiger partial charge in [0.25, 0.3) is 0 Å². The van der Waals surface area contributed by atoms with E-state index in [-0.39, 0.29) is 11.9 Å². The molecule has 0 saturated carbocycles. The van der Waals surface area contributed by atoms with E-state index in [4.69, 9.17) is 4.74 Å². The monoisotopic (exact) mass is 498 g/mol. The van der Waals surface area contributed by atoms with Gasteiger partial charge in [0.05, 0.1) is 13.2 Å². The molecule has 0 aromatic heterocycles. The van der Waals surface area contributed by atoms with E-state index in [1.54, 1.807) is 0 Å². The summed E-state index contributed by atoms with van der Waals surface area (Å²) >= 11 is 0. The summed E-state index contributed by atoms with van der Waals surface area (Å²) in [6.07, 6.45) is 8.28. The summed E-state index contributed by atoms with van der Waals surface area (Å²) in [6, 6.07) is 7.12. The summed E-state index contributed by atoms with van der Waals surface area (Å²) in [7, 11) is 1.89. The van der Waals surface area contributed by atoms with E-state index in [2.05, 4.69) is 41.8 Å². The van der Waals surface area contributed by atoms with Crippen molar-refractivity contribution in [2.45, 2.75) is 77.2 Å². The molecule has 7 nitrogen and oxygen atoms in total. The molecule has 7 heteroatoms. The second kappa shape index (κ2) is 12.8. The van der Waals surface area contributed by atoms with Gasteiger partial charge in [-0.25, -0.2) is 4.79 Å². The van der Waals surface area contributed by atoms with Gasteiger partial charge in [-0.05, 0) is 55.2 Å². The number of unbranched alkanes of at least 4 members (excludes halogenated alkanes) is 2. The minimum absolute atomic E-state index is 0.141. The standard InChI is InChI=1S/C29H46N4O3/c1-4-6-14-31(15-7-5-2)28(34)22-33-21-25(23-9-10-27-24(19-23)12-18-36-27)20-26(33)11-17-32-16-8-13-30(3)29(32)35/h9-10,19,25-26H,4-8,11-18,20-22H2,1-3H3/t25-,26+/m1/s1. The number of likely N-dealkylation sites (tertiary alicyclic amines) is 1. The van der Waals surface area contributed by atoms with Gasteiger partial charge in [0.15, 0.2) is 0 Å². The molecule has 1 aromatic rings. The molecule has 0 aliphatic carbocycles. The zero-order valence-corrected chi connectivity index (χ0v) is 22.7. The van der Waals surface area contributed by atoms with Crippen LogP contribution in [0.5, 0.6) is 5.75 Å². The summed E-state index contributed by atoms with van der Waals surface area (Å²) in [6.45, 7) is 10.7. The van der Waals surface area contributed by atoms with E-state index >= 15 is 0 Å². The van der Waals surface area contributed by atoms with Gasteiger partial charge in [-0.2, -0.15) is 0 Å². The van der Waals surface area contributed by atoms with Crippen LogP contribution in [0.15, 0.2) is 18.2 Å². The molecular weight excluding hydrogens is 452 g/mol. The predicted octanol–water partition coefficient (Wildman–Crippen LogP) is 4.36. The van der Waals surface area contributed by atoms with Crippen LogP contribution < -0.4 is 4.74 Å². The second-order valence-electron chi connectivity index (χ2n) is 10.9. The minimum Gasteiger partial charge on any atom is -0.493 e. The van der Waals surface area contributed by atoms with E-state index in [1.165, 1.54) is 11.1 Å². The number of carbonyl (C=O) groups excluding carboxylic acids is 2. The summed E-state index contributed by atoms with van der Waals surface area (Å²) < 4.78 is 5.72. The number of urea groups is 1. The van der Waals surface area contributed by atoms with Crippen molar-refractivity contribution in [2.24, 2.45) is 0 Å². The topological polar surface area (TPSA) is 56.3 Å². The van der Waals surface area contributed by atoms with Crippen LogP contribution in [-0.4, -0.2) is 97.0 Å². The van der Waals surface area contributed by atoms with Gasteiger partial charge in [-0.3, -0.25) is 9.69 Å². The van der Waals surface area contributed by atoms with Gasteiger partial charge < -0.3 is 19.4 Å². The number of carbonyl (C=O) groups is 2. The lowest BCUT2D eigenvalue weighted by molar-refractivity contribution is -0.132. The zero-order valence-electron chi connectivity index (χ0n) is 22.7. The first-order valence-corrected chi connectivity index (χ1v) is 14.3. The molecule has 0 radical (unpaired) electrons. The summed E-state index contributed by atoms with van der Waals surface area (Å²) in [5, 5.41) is 0. The predicted molar refractivity (Wildman–Crippen MR) is 144 cm³/mol. The number of benzene rings is 1. The molecule has 3 heterocycles. The highest BCUT2D eigenvalue weighted by Crippen LogP contribution is 2.36. The van der Waals surface area contributed by atoms with Crippen LogP contribution in [0.4, 0.5) is 4.79 Å².